The van der Waals surface area contributed by atoms with Crippen LogP contribution in [0.15, 0.2) is 0 Å². The van der Waals surface area contributed by atoms with E-state index in [0.717, 1.165) is 30.2 Å². The maximum absolute atomic E-state index is 12.2. The van der Waals surface area contributed by atoms with Gasteiger partial charge in [0.05, 0.1) is 19.1 Å². The van der Waals surface area contributed by atoms with E-state index in [0.29, 0.717) is 32.0 Å². The van der Waals surface area contributed by atoms with E-state index in [1.165, 1.54) is 0 Å². The van der Waals surface area contributed by atoms with Gasteiger partial charge in [-0.15, -0.1) is 0 Å². The van der Waals surface area contributed by atoms with Gasteiger partial charge in [0.15, 0.2) is 17.0 Å². The Bertz CT molecular complexity index is 897. The van der Waals surface area contributed by atoms with Crippen molar-refractivity contribution in [2.24, 2.45) is 7.05 Å². The summed E-state index contributed by atoms with van der Waals surface area (Å²) in [6.45, 7) is 9.51. The molecule has 2 saturated heterocycles. The molecule has 152 valence electrons. The van der Waals surface area contributed by atoms with Crippen LogP contribution < -0.4 is 4.90 Å². The maximum Gasteiger partial charge on any atom is 0.410 e. The molecule has 2 aromatic heterocycles. The second-order valence-electron chi connectivity index (χ2n) is 8.20. The van der Waals surface area contributed by atoms with Crippen molar-refractivity contribution < 1.29 is 14.3 Å². The van der Waals surface area contributed by atoms with Crippen LogP contribution in [-0.2, 0) is 16.5 Å². The van der Waals surface area contributed by atoms with E-state index >= 15 is 0 Å². The van der Waals surface area contributed by atoms with Gasteiger partial charge in [-0.25, -0.2) is 9.78 Å². The third kappa shape index (κ3) is 3.60. The van der Waals surface area contributed by atoms with Gasteiger partial charge in [-0.05, 0) is 32.4 Å². The van der Waals surface area contributed by atoms with Crippen molar-refractivity contribution in [3.05, 3.63) is 11.1 Å². The maximum atomic E-state index is 12.2. The molecule has 0 unspecified atom stereocenters. The van der Waals surface area contributed by atoms with Crippen LogP contribution in [0, 0.1) is 0 Å². The fourth-order valence-electron chi connectivity index (χ4n) is 3.52. The lowest BCUT2D eigenvalue weighted by Gasteiger charge is -2.39. The number of aromatic nitrogens is 4. The first-order chi connectivity index (χ1) is 13.2. The molecule has 0 N–H and O–H groups in total. The first-order valence-corrected chi connectivity index (χ1v) is 9.81. The average molecular weight is 409 g/mol. The zero-order valence-corrected chi connectivity index (χ0v) is 17.4. The number of carbonyl (C=O) groups is 1. The van der Waals surface area contributed by atoms with Gasteiger partial charge in [-0.2, -0.15) is 9.97 Å². The predicted octanol–water partition coefficient (Wildman–Crippen LogP) is 2.19. The Morgan fingerprint density at radius 3 is 2.50 bits per heavy atom. The number of hydrogen-bond acceptors (Lipinski definition) is 7. The van der Waals surface area contributed by atoms with Gasteiger partial charge >= 0.3 is 6.09 Å². The zero-order chi connectivity index (χ0) is 20.1. The van der Waals surface area contributed by atoms with Crippen LogP contribution in [0.5, 0.6) is 0 Å². The lowest BCUT2D eigenvalue weighted by Crippen LogP contribution is -2.50. The van der Waals surface area contributed by atoms with Gasteiger partial charge in [0, 0.05) is 33.2 Å². The minimum Gasteiger partial charge on any atom is -0.444 e. The summed E-state index contributed by atoms with van der Waals surface area (Å²) >= 11 is 6.19. The van der Waals surface area contributed by atoms with E-state index in [1.54, 1.807) is 4.90 Å². The average Bonchev–Trinajstić information content (AvgIpc) is 2.89. The minimum absolute atomic E-state index is 0.128. The van der Waals surface area contributed by atoms with E-state index in [4.69, 9.17) is 26.1 Å². The van der Waals surface area contributed by atoms with Gasteiger partial charge in [-0.1, -0.05) is 0 Å². The third-order valence-electron chi connectivity index (χ3n) is 4.92. The second kappa shape index (κ2) is 7.04. The molecule has 0 aliphatic carbocycles. The van der Waals surface area contributed by atoms with Gasteiger partial charge in [0.25, 0.3) is 0 Å². The molecule has 0 atom stereocenters. The predicted molar refractivity (Wildman–Crippen MR) is 105 cm³/mol. The lowest BCUT2D eigenvalue weighted by molar-refractivity contribution is 0.00734. The molecule has 9 nitrogen and oxygen atoms in total. The molecular formula is C18H25ClN6O3. The Labute approximate surface area is 168 Å². The molecule has 2 aliphatic heterocycles. The number of hydrogen-bond donors (Lipinski definition) is 0. The number of imidazole rings is 1. The quantitative estimate of drug-likeness (QED) is 0.704. The van der Waals surface area contributed by atoms with Gasteiger partial charge in [0.2, 0.25) is 5.28 Å². The molecule has 4 heterocycles. The lowest BCUT2D eigenvalue weighted by atomic mass is 10.00. The van der Waals surface area contributed by atoms with Gasteiger partial charge in [0.1, 0.15) is 11.4 Å². The fraction of sp³-hybridized carbons (Fsp3) is 0.667. The molecule has 0 radical (unpaired) electrons. The summed E-state index contributed by atoms with van der Waals surface area (Å²) in [7, 11) is 1.92. The summed E-state index contributed by atoms with van der Waals surface area (Å²) in [6.07, 6.45) is -0.292. The highest BCUT2D eigenvalue weighted by molar-refractivity contribution is 6.28. The molecule has 0 aromatic carbocycles. The molecule has 0 spiro atoms. The number of carbonyl (C=O) groups excluding carboxylic acids is 1. The normalized spacial score (nSPS) is 18.5. The largest absolute Gasteiger partial charge is 0.444 e. The molecule has 2 aliphatic rings. The molecule has 10 heteroatoms. The number of morpholine rings is 1. The van der Waals surface area contributed by atoms with E-state index in [2.05, 4.69) is 14.9 Å². The molecule has 1 amide bonds. The first-order valence-electron chi connectivity index (χ1n) is 9.43. The molecule has 2 fully saturated rings. The highest BCUT2D eigenvalue weighted by Gasteiger charge is 2.37. The van der Waals surface area contributed by atoms with Crippen molar-refractivity contribution in [3.63, 3.8) is 0 Å². The fourth-order valence-corrected chi connectivity index (χ4v) is 3.68. The summed E-state index contributed by atoms with van der Waals surface area (Å²) in [5.41, 5.74) is 0.936. The standard InChI is InChI=1S/C18H25ClN6O3/c1-18(2,3)28-17(26)25-9-11(10-25)13-20-12-14(23(13)4)21-16(19)22-15(12)24-5-7-27-8-6-24/h11H,5-10H2,1-4H3. The summed E-state index contributed by atoms with van der Waals surface area (Å²) in [5.74, 6) is 1.74. The molecule has 0 saturated carbocycles. The molecule has 28 heavy (non-hydrogen) atoms. The number of anilines is 1. The van der Waals surface area contributed by atoms with E-state index in [9.17, 15) is 4.79 Å². The van der Waals surface area contributed by atoms with Gasteiger partial charge < -0.3 is 23.8 Å². The van der Waals surface area contributed by atoms with Crippen molar-refractivity contribution in [2.75, 3.05) is 44.3 Å². The van der Waals surface area contributed by atoms with Crippen LogP contribution in [-0.4, -0.2) is 75.5 Å². The molecular weight excluding hydrogens is 384 g/mol. The SMILES string of the molecule is Cn1c(C2CN(C(=O)OC(C)(C)C)C2)nc2c(N3CCOCC3)nc(Cl)nc21. The first kappa shape index (κ1) is 19.2. The smallest absolute Gasteiger partial charge is 0.410 e. The Morgan fingerprint density at radius 1 is 1.18 bits per heavy atom. The number of ether oxygens (including phenoxy) is 2. The number of halogens is 1. The van der Waals surface area contributed by atoms with E-state index in [1.807, 2.05) is 32.4 Å². The summed E-state index contributed by atoms with van der Waals surface area (Å²) in [5, 5.41) is 0.201. The number of likely N-dealkylation sites (tertiary alicyclic amines) is 1. The number of rotatable bonds is 2. The third-order valence-corrected chi connectivity index (χ3v) is 5.09. The summed E-state index contributed by atoms with van der Waals surface area (Å²) in [4.78, 5) is 29.7. The topological polar surface area (TPSA) is 85.6 Å². The van der Waals surface area contributed by atoms with E-state index in [-0.39, 0.29) is 17.3 Å². The van der Waals surface area contributed by atoms with Crippen molar-refractivity contribution >= 4 is 34.7 Å². The van der Waals surface area contributed by atoms with Gasteiger partial charge in [-0.3, -0.25) is 0 Å². The van der Waals surface area contributed by atoms with Crippen LogP contribution in [0.4, 0.5) is 10.6 Å². The molecule has 0 bridgehead atoms. The number of fused-ring (bicyclic) bond motifs is 1. The summed E-state index contributed by atoms with van der Waals surface area (Å²) < 4.78 is 12.8. The monoisotopic (exact) mass is 408 g/mol. The number of nitrogens with zero attached hydrogens (tertiary/aromatic N) is 6. The number of amides is 1. The Balaban J connectivity index is 1.58. The van der Waals surface area contributed by atoms with Crippen molar-refractivity contribution in [2.45, 2.75) is 32.3 Å². The van der Waals surface area contributed by atoms with Crippen molar-refractivity contribution in [1.82, 2.24) is 24.4 Å². The van der Waals surface area contributed by atoms with Crippen LogP contribution in [0.1, 0.15) is 32.5 Å². The Kier molecular flexibility index (Phi) is 4.83. The van der Waals surface area contributed by atoms with Crippen LogP contribution in [0.25, 0.3) is 11.2 Å². The molecule has 2 aromatic rings. The van der Waals surface area contributed by atoms with Crippen LogP contribution in [0.3, 0.4) is 0 Å². The van der Waals surface area contributed by atoms with E-state index < -0.39 is 5.60 Å². The second-order valence-corrected chi connectivity index (χ2v) is 8.54. The molecule has 4 rings (SSSR count). The Hall–Kier alpha value is -2.13. The van der Waals surface area contributed by atoms with Crippen LogP contribution >= 0.6 is 11.6 Å². The zero-order valence-electron chi connectivity index (χ0n) is 16.6. The van der Waals surface area contributed by atoms with Crippen LogP contribution in [0.2, 0.25) is 5.28 Å². The number of aryl methyl sites for hydroxylation is 1. The van der Waals surface area contributed by atoms with Crippen molar-refractivity contribution in [1.29, 1.82) is 0 Å². The summed E-state index contributed by atoms with van der Waals surface area (Å²) in [6, 6.07) is 0. The van der Waals surface area contributed by atoms with Crippen molar-refractivity contribution in [3.8, 4) is 0 Å². The highest BCUT2D eigenvalue weighted by atomic mass is 35.5. The minimum atomic E-state index is -0.501. The Morgan fingerprint density at radius 2 is 1.86 bits per heavy atom. The highest BCUT2D eigenvalue weighted by Crippen LogP contribution is 2.32.